The van der Waals surface area contributed by atoms with Gasteiger partial charge in [0.05, 0.1) is 42.1 Å². The van der Waals surface area contributed by atoms with Gasteiger partial charge in [-0.2, -0.15) is 0 Å². The van der Waals surface area contributed by atoms with Crippen LogP contribution in [0.4, 0.5) is 32.8 Å². The molecule has 0 radical (unpaired) electrons. The molecule has 0 aromatic carbocycles. The number of ketones is 1. The number of carbonyl (C=O) groups excluding carboxylic acids is 8. The zero-order chi connectivity index (χ0) is 50.4. The van der Waals surface area contributed by atoms with E-state index < -0.39 is 54.1 Å². The number of esters is 1. The number of halogens is 1. The standard InChI is InChI=1S/C46H54FN13O9/c1-54(2)12-10-11-39(61)26-13-33(55(3)20-26)42(64)50-29-16-36(58(6)23-29)44(66)51-28-14-34(56(4)22-28)41(63)48-19-32(47)40(62)49-27-15-35(57(5)21-27)43(65)52-30-17-37(59(7)24-30)45(67)53-31-18-38(46(68)69-9)60(8)25-31/h13-18,20-25,32H,10-12,19H2,1-9H3,(H,48,63)(H,49,62)(H,50,64)(H,51,66)(H,52,65)(H,53,67)/t32-/m0/s1. The van der Waals surface area contributed by atoms with E-state index in [1.165, 1.54) is 84.9 Å². The number of nitrogens with zero attached hydrogens (tertiary/aromatic N) is 7. The molecule has 1 atom stereocenters. The molecule has 0 bridgehead atoms. The molecule has 6 amide bonds. The molecular formula is C46H54FN13O9. The molecule has 0 saturated heterocycles. The lowest BCUT2D eigenvalue weighted by atomic mass is 10.1. The van der Waals surface area contributed by atoms with Crippen molar-refractivity contribution in [3.05, 3.63) is 113 Å². The fourth-order valence-corrected chi connectivity index (χ4v) is 7.38. The first-order valence-corrected chi connectivity index (χ1v) is 21.3. The van der Waals surface area contributed by atoms with Gasteiger partial charge in [-0.05, 0) is 63.5 Å². The van der Waals surface area contributed by atoms with E-state index in [2.05, 4.69) is 31.9 Å². The number of carbonyl (C=O) groups is 8. The van der Waals surface area contributed by atoms with E-state index in [0.717, 1.165) is 6.54 Å². The van der Waals surface area contributed by atoms with E-state index in [1.807, 2.05) is 19.0 Å². The number of anilines is 5. The van der Waals surface area contributed by atoms with Crippen molar-refractivity contribution in [3.8, 4) is 0 Å². The minimum Gasteiger partial charge on any atom is -0.464 e. The van der Waals surface area contributed by atoms with Crippen LogP contribution in [0.25, 0.3) is 0 Å². The molecule has 0 unspecified atom stereocenters. The molecule has 0 saturated carbocycles. The third-order valence-electron chi connectivity index (χ3n) is 10.9. The number of amides is 6. The minimum absolute atomic E-state index is 0.0474. The highest BCUT2D eigenvalue weighted by Crippen LogP contribution is 2.22. The topological polar surface area (TPSA) is 251 Å². The molecule has 0 fully saturated rings. The quantitative estimate of drug-likeness (QED) is 0.0507. The Bertz CT molecular complexity index is 2980. The molecule has 6 heterocycles. The molecule has 0 aliphatic carbocycles. The summed E-state index contributed by atoms with van der Waals surface area (Å²) in [4.78, 5) is 105. The fraction of sp³-hybridized carbons (Fsp3) is 0.304. The number of nitrogens with one attached hydrogen (secondary N) is 6. The molecule has 6 N–H and O–H groups in total. The van der Waals surface area contributed by atoms with Crippen molar-refractivity contribution in [1.29, 1.82) is 0 Å². The molecule has 69 heavy (non-hydrogen) atoms. The maximum Gasteiger partial charge on any atom is 0.354 e. The molecule has 6 rings (SSSR count). The Kier molecular flexibility index (Phi) is 15.2. The predicted molar refractivity (Wildman–Crippen MR) is 254 cm³/mol. The third kappa shape index (κ3) is 11.9. The van der Waals surface area contributed by atoms with Gasteiger partial charge in [0.1, 0.15) is 34.2 Å². The average Bonchev–Trinajstić information content (AvgIpc) is 4.15. The van der Waals surface area contributed by atoms with Crippen LogP contribution in [0.15, 0.2) is 73.6 Å². The second-order valence-corrected chi connectivity index (χ2v) is 16.7. The lowest BCUT2D eigenvalue weighted by Gasteiger charge is -2.10. The van der Waals surface area contributed by atoms with Crippen molar-refractivity contribution in [3.63, 3.8) is 0 Å². The number of Topliss-reactive ketones (excluding diaryl/α,β-unsaturated/α-hetero) is 1. The van der Waals surface area contributed by atoms with E-state index in [-0.39, 0.29) is 57.0 Å². The van der Waals surface area contributed by atoms with E-state index in [1.54, 1.807) is 65.4 Å². The van der Waals surface area contributed by atoms with Crippen LogP contribution in [0.3, 0.4) is 0 Å². The zero-order valence-electron chi connectivity index (χ0n) is 39.5. The van der Waals surface area contributed by atoms with Crippen LogP contribution >= 0.6 is 0 Å². The highest BCUT2D eigenvalue weighted by Gasteiger charge is 2.24. The van der Waals surface area contributed by atoms with Crippen LogP contribution in [0.5, 0.6) is 0 Å². The summed E-state index contributed by atoms with van der Waals surface area (Å²) in [5.74, 6) is -4.60. The summed E-state index contributed by atoms with van der Waals surface area (Å²) in [6.45, 7) is 0.0612. The van der Waals surface area contributed by atoms with Crippen molar-refractivity contribution >= 4 is 75.6 Å². The zero-order valence-corrected chi connectivity index (χ0v) is 39.5. The molecule has 22 nitrogen and oxygen atoms in total. The Morgan fingerprint density at radius 1 is 0.522 bits per heavy atom. The van der Waals surface area contributed by atoms with Crippen molar-refractivity contribution in [1.82, 2.24) is 37.6 Å². The number of methoxy groups -OCH3 is 1. The first-order chi connectivity index (χ1) is 32.6. The normalized spacial score (nSPS) is 11.5. The highest BCUT2D eigenvalue weighted by atomic mass is 19.1. The van der Waals surface area contributed by atoms with Crippen LogP contribution in [-0.4, -0.2) is 120 Å². The van der Waals surface area contributed by atoms with Gasteiger partial charge < -0.3 is 68.9 Å². The number of aromatic nitrogens is 6. The van der Waals surface area contributed by atoms with Crippen LogP contribution in [-0.2, 0) is 51.8 Å². The van der Waals surface area contributed by atoms with Crippen molar-refractivity contribution in [2.75, 3.05) is 60.9 Å². The maximum atomic E-state index is 15.1. The molecular weight excluding hydrogens is 898 g/mol. The molecule has 364 valence electrons. The smallest absolute Gasteiger partial charge is 0.354 e. The summed E-state index contributed by atoms with van der Waals surface area (Å²) in [5, 5.41) is 15.6. The predicted octanol–water partition coefficient (Wildman–Crippen LogP) is 3.74. The Morgan fingerprint density at radius 2 is 0.870 bits per heavy atom. The Hall–Kier alpha value is -8.47. The van der Waals surface area contributed by atoms with Crippen molar-refractivity contribution in [2.24, 2.45) is 42.3 Å². The van der Waals surface area contributed by atoms with Gasteiger partial charge in [-0.15, -0.1) is 0 Å². The number of aryl methyl sites for hydroxylation is 6. The number of rotatable bonds is 19. The molecule has 0 spiro atoms. The lowest BCUT2D eigenvalue weighted by Crippen LogP contribution is -2.37. The second-order valence-electron chi connectivity index (χ2n) is 16.7. The minimum atomic E-state index is -2.20. The van der Waals surface area contributed by atoms with E-state index in [0.29, 0.717) is 29.8 Å². The summed E-state index contributed by atoms with van der Waals surface area (Å²) in [6.07, 6.45) is 7.94. The van der Waals surface area contributed by atoms with Gasteiger partial charge in [0.15, 0.2) is 12.0 Å². The van der Waals surface area contributed by atoms with Gasteiger partial charge in [0, 0.05) is 91.5 Å². The van der Waals surface area contributed by atoms with E-state index in [4.69, 9.17) is 4.74 Å². The average molecular weight is 952 g/mol. The summed E-state index contributed by atoms with van der Waals surface area (Å²) in [7, 11) is 14.7. The van der Waals surface area contributed by atoms with Crippen molar-refractivity contribution < 1.29 is 47.5 Å². The second kappa shape index (κ2) is 21.0. The summed E-state index contributed by atoms with van der Waals surface area (Å²) >= 11 is 0. The monoisotopic (exact) mass is 951 g/mol. The SMILES string of the molecule is COC(=O)c1cc(NC(=O)c2cc(NC(=O)c3cc(NC(=O)[C@@H](F)CNC(=O)c4cc(NC(=O)c5cc(NC(=O)c6cc(C(=O)CCCN(C)C)cn6C)cn5C)cn4C)cn3C)cn2C)cn1C. The summed E-state index contributed by atoms with van der Waals surface area (Å²) < 4.78 is 28.8. The van der Waals surface area contributed by atoms with Crippen LogP contribution < -0.4 is 31.9 Å². The van der Waals surface area contributed by atoms with Gasteiger partial charge in [0.2, 0.25) is 0 Å². The van der Waals surface area contributed by atoms with Crippen LogP contribution in [0, 0.1) is 0 Å². The largest absolute Gasteiger partial charge is 0.464 e. The van der Waals surface area contributed by atoms with Gasteiger partial charge in [0.25, 0.3) is 35.4 Å². The summed E-state index contributed by atoms with van der Waals surface area (Å²) in [6, 6.07) is 8.62. The van der Waals surface area contributed by atoms with Gasteiger partial charge in [-0.3, -0.25) is 33.6 Å². The van der Waals surface area contributed by atoms with Crippen molar-refractivity contribution in [2.45, 2.75) is 19.0 Å². The van der Waals surface area contributed by atoms with E-state index in [9.17, 15) is 38.4 Å². The lowest BCUT2D eigenvalue weighted by molar-refractivity contribution is -0.120. The third-order valence-corrected chi connectivity index (χ3v) is 10.9. The summed E-state index contributed by atoms with van der Waals surface area (Å²) in [5.41, 5.74) is 2.73. The highest BCUT2D eigenvalue weighted by molar-refractivity contribution is 6.09. The number of alkyl halides is 1. The van der Waals surface area contributed by atoms with Gasteiger partial charge in [-0.25, -0.2) is 9.18 Å². The number of hydrogen-bond donors (Lipinski definition) is 6. The molecule has 6 aromatic rings. The van der Waals surface area contributed by atoms with Gasteiger partial charge >= 0.3 is 5.97 Å². The van der Waals surface area contributed by atoms with E-state index >= 15 is 4.39 Å². The number of hydrogen-bond acceptors (Lipinski definition) is 10. The first kappa shape index (κ1) is 50.0. The Labute approximate surface area is 395 Å². The number of ether oxygens (including phenoxy) is 1. The Morgan fingerprint density at radius 3 is 1.28 bits per heavy atom. The van der Waals surface area contributed by atoms with Gasteiger partial charge in [-0.1, -0.05) is 0 Å². The maximum absolute atomic E-state index is 15.1. The fourth-order valence-electron chi connectivity index (χ4n) is 7.38. The molecule has 0 aliphatic heterocycles. The van der Waals surface area contributed by atoms with Crippen LogP contribution in [0.1, 0.15) is 86.1 Å². The molecule has 6 aromatic heterocycles. The molecule has 23 heteroatoms. The Balaban J connectivity index is 0.978. The molecule has 0 aliphatic rings. The van der Waals surface area contributed by atoms with Crippen LogP contribution in [0.2, 0.25) is 0 Å². The first-order valence-electron chi connectivity index (χ1n) is 21.3.